The summed E-state index contributed by atoms with van der Waals surface area (Å²) in [5.41, 5.74) is 5.23. The Morgan fingerprint density at radius 1 is 1.32 bits per heavy atom. The van der Waals surface area contributed by atoms with E-state index in [1.807, 2.05) is 0 Å². The SMILES string of the molecule is COC(=O)C(N)C1CCN(C(=N)NC(=O)OC(C)(C)C)CC1. The first-order valence-electron chi connectivity index (χ1n) is 7.31. The number of hydrogen-bond donors (Lipinski definition) is 3. The molecule has 1 fully saturated rings. The van der Waals surface area contributed by atoms with Gasteiger partial charge in [0.05, 0.1) is 7.11 Å². The highest BCUT2D eigenvalue weighted by Crippen LogP contribution is 2.20. The van der Waals surface area contributed by atoms with Crippen molar-refractivity contribution in [2.45, 2.75) is 45.3 Å². The van der Waals surface area contributed by atoms with Crippen LogP contribution in [0.3, 0.4) is 0 Å². The zero-order valence-electron chi connectivity index (χ0n) is 13.6. The third kappa shape index (κ3) is 5.51. The van der Waals surface area contributed by atoms with E-state index in [1.54, 1.807) is 25.7 Å². The number of carbonyl (C=O) groups is 2. The molecule has 1 unspecified atom stereocenters. The van der Waals surface area contributed by atoms with E-state index in [0.29, 0.717) is 25.9 Å². The molecule has 4 N–H and O–H groups in total. The van der Waals surface area contributed by atoms with E-state index in [1.165, 1.54) is 7.11 Å². The van der Waals surface area contributed by atoms with Crippen LogP contribution in [0.25, 0.3) is 0 Å². The van der Waals surface area contributed by atoms with E-state index in [0.717, 1.165) is 0 Å². The first-order chi connectivity index (χ1) is 10.1. The average molecular weight is 314 g/mol. The van der Waals surface area contributed by atoms with Crippen LogP contribution in [0.4, 0.5) is 4.79 Å². The van der Waals surface area contributed by atoms with Crippen LogP contribution >= 0.6 is 0 Å². The number of alkyl carbamates (subject to hydrolysis) is 1. The fraction of sp³-hybridized carbons (Fsp3) is 0.786. The van der Waals surface area contributed by atoms with Gasteiger partial charge in [-0.25, -0.2) is 4.79 Å². The summed E-state index contributed by atoms with van der Waals surface area (Å²) in [6, 6.07) is -0.639. The average Bonchev–Trinajstić information content (AvgIpc) is 2.43. The van der Waals surface area contributed by atoms with Gasteiger partial charge in [-0.15, -0.1) is 0 Å². The van der Waals surface area contributed by atoms with Gasteiger partial charge in [0, 0.05) is 13.1 Å². The molecule has 0 bridgehead atoms. The van der Waals surface area contributed by atoms with Crippen LogP contribution in [0.15, 0.2) is 0 Å². The first kappa shape index (κ1) is 18.2. The first-order valence-corrected chi connectivity index (χ1v) is 7.31. The van der Waals surface area contributed by atoms with Crippen LogP contribution in [0, 0.1) is 11.3 Å². The second-order valence-corrected chi connectivity index (χ2v) is 6.35. The number of hydrogen-bond acceptors (Lipinski definition) is 6. The van der Waals surface area contributed by atoms with Crippen LogP contribution in [-0.2, 0) is 14.3 Å². The second kappa shape index (κ2) is 7.44. The normalized spacial score (nSPS) is 17.6. The highest BCUT2D eigenvalue weighted by Gasteiger charge is 2.30. The van der Waals surface area contributed by atoms with Crippen molar-refractivity contribution in [1.29, 1.82) is 5.41 Å². The number of methoxy groups -OCH3 is 1. The minimum atomic E-state index is -0.647. The number of carbonyl (C=O) groups excluding carboxylic acids is 2. The van der Waals surface area contributed by atoms with Crippen molar-refractivity contribution >= 4 is 18.0 Å². The molecule has 8 nitrogen and oxygen atoms in total. The summed E-state index contributed by atoms with van der Waals surface area (Å²) in [7, 11) is 1.32. The monoisotopic (exact) mass is 314 g/mol. The lowest BCUT2D eigenvalue weighted by molar-refractivity contribution is -0.143. The van der Waals surface area contributed by atoms with Crippen LogP contribution in [-0.4, -0.2) is 54.8 Å². The molecule has 0 aromatic rings. The van der Waals surface area contributed by atoms with Gasteiger partial charge in [-0.2, -0.15) is 0 Å². The van der Waals surface area contributed by atoms with E-state index in [-0.39, 0.29) is 11.9 Å². The van der Waals surface area contributed by atoms with Gasteiger partial charge in [-0.1, -0.05) is 0 Å². The van der Waals surface area contributed by atoms with Gasteiger partial charge in [0.1, 0.15) is 11.6 Å². The quantitative estimate of drug-likeness (QED) is 0.391. The number of nitrogens with one attached hydrogen (secondary N) is 2. The van der Waals surface area contributed by atoms with E-state index >= 15 is 0 Å². The molecule has 0 radical (unpaired) electrons. The van der Waals surface area contributed by atoms with E-state index in [2.05, 4.69) is 10.1 Å². The van der Waals surface area contributed by atoms with Crippen molar-refractivity contribution in [1.82, 2.24) is 10.2 Å². The maximum atomic E-state index is 11.6. The molecule has 0 aliphatic carbocycles. The number of esters is 1. The number of likely N-dealkylation sites (tertiary alicyclic amines) is 1. The van der Waals surface area contributed by atoms with Crippen molar-refractivity contribution in [2.24, 2.45) is 11.7 Å². The summed E-state index contributed by atoms with van der Waals surface area (Å²) in [6.07, 6.45) is 0.675. The number of ether oxygens (including phenoxy) is 2. The van der Waals surface area contributed by atoms with Gasteiger partial charge < -0.3 is 20.1 Å². The Balaban J connectivity index is 2.43. The Labute approximate surface area is 130 Å². The molecule has 1 saturated heterocycles. The Morgan fingerprint density at radius 2 is 1.86 bits per heavy atom. The highest BCUT2D eigenvalue weighted by atomic mass is 16.6. The molecule has 0 aromatic carbocycles. The molecule has 1 aliphatic heterocycles. The third-order valence-electron chi connectivity index (χ3n) is 3.46. The summed E-state index contributed by atoms with van der Waals surface area (Å²) in [4.78, 5) is 24.8. The Bertz CT molecular complexity index is 425. The molecule has 0 aromatic heterocycles. The lowest BCUT2D eigenvalue weighted by Gasteiger charge is -2.35. The molecule has 1 amide bonds. The van der Waals surface area contributed by atoms with Gasteiger partial charge in [0.15, 0.2) is 0 Å². The van der Waals surface area contributed by atoms with Crippen LogP contribution in [0.2, 0.25) is 0 Å². The van der Waals surface area contributed by atoms with Gasteiger partial charge in [0.25, 0.3) is 0 Å². The second-order valence-electron chi connectivity index (χ2n) is 6.35. The largest absolute Gasteiger partial charge is 0.468 e. The third-order valence-corrected chi connectivity index (χ3v) is 3.46. The van der Waals surface area contributed by atoms with Crippen LogP contribution < -0.4 is 11.1 Å². The summed E-state index contributed by atoms with van der Waals surface area (Å²) >= 11 is 0. The molecule has 1 rings (SSSR count). The van der Waals surface area contributed by atoms with Gasteiger partial charge >= 0.3 is 12.1 Å². The molecular weight excluding hydrogens is 288 g/mol. The molecule has 126 valence electrons. The fourth-order valence-corrected chi connectivity index (χ4v) is 2.29. The topological polar surface area (TPSA) is 118 Å². The van der Waals surface area contributed by atoms with Crippen molar-refractivity contribution < 1.29 is 19.1 Å². The maximum absolute atomic E-state index is 11.6. The maximum Gasteiger partial charge on any atom is 0.414 e. The summed E-state index contributed by atoms with van der Waals surface area (Å²) in [5, 5.41) is 10.3. The number of guanidine groups is 1. The number of nitrogens with zero attached hydrogens (tertiary/aromatic N) is 1. The van der Waals surface area contributed by atoms with Crippen molar-refractivity contribution in [3.05, 3.63) is 0 Å². The van der Waals surface area contributed by atoms with Gasteiger partial charge in [-0.05, 0) is 39.5 Å². The molecular formula is C14H26N4O4. The minimum absolute atomic E-state index is 0.000612. The minimum Gasteiger partial charge on any atom is -0.468 e. The molecule has 8 heteroatoms. The number of amides is 1. The summed E-state index contributed by atoms with van der Waals surface area (Å²) in [6.45, 7) is 6.37. The molecule has 22 heavy (non-hydrogen) atoms. The van der Waals surface area contributed by atoms with Crippen LogP contribution in [0.1, 0.15) is 33.6 Å². The lowest BCUT2D eigenvalue weighted by atomic mass is 9.90. The van der Waals surface area contributed by atoms with E-state index in [4.69, 9.17) is 15.9 Å². The van der Waals surface area contributed by atoms with Crippen molar-refractivity contribution in [3.63, 3.8) is 0 Å². The van der Waals surface area contributed by atoms with Crippen molar-refractivity contribution in [3.8, 4) is 0 Å². The fourth-order valence-electron chi connectivity index (χ4n) is 2.29. The van der Waals surface area contributed by atoms with Crippen molar-refractivity contribution in [2.75, 3.05) is 20.2 Å². The predicted octanol–water partition coefficient (Wildman–Crippen LogP) is 0.658. The zero-order valence-corrected chi connectivity index (χ0v) is 13.6. The number of nitrogens with two attached hydrogens (primary N) is 1. The predicted molar refractivity (Wildman–Crippen MR) is 81.4 cm³/mol. The molecule has 1 aliphatic rings. The lowest BCUT2D eigenvalue weighted by Crippen LogP contribution is -2.51. The molecule has 0 saturated carbocycles. The van der Waals surface area contributed by atoms with E-state index in [9.17, 15) is 9.59 Å². The number of piperidine rings is 1. The molecule has 1 atom stereocenters. The zero-order chi connectivity index (χ0) is 16.9. The number of rotatable bonds is 2. The van der Waals surface area contributed by atoms with E-state index < -0.39 is 23.7 Å². The Kier molecular flexibility index (Phi) is 6.16. The Hall–Kier alpha value is -1.83. The highest BCUT2D eigenvalue weighted by molar-refractivity contribution is 5.92. The van der Waals surface area contributed by atoms with Gasteiger partial charge in [0.2, 0.25) is 5.96 Å². The standard InChI is InChI=1S/C14H26N4O4/c1-14(2,3)22-13(20)17-12(16)18-7-5-9(6-8-18)10(15)11(19)21-4/h9-10H,5-8,15H2,1-4H3,(H2,16,17,20). The van der Waals surface area contributed by atoms with Crippen LogP contribution in [0.5, 0.6) is 0 Å². The summed E-state index contributed by atoms with van der Waals surface area (Å²) in [5.74, 6) is -0.391. The Morgan fingerprint density at radius 3 is 2.32 bits per heavy atom. The smallest absolute Gasteiger partial charge is 0.414 e. The van der Waals surface area contributed by atoms with Gasteiger partial charge in [-0.3, -0.25) is 15.5 Å². The molecule has 1 heterocycles. The molecule has 0 spiro atoms. The summed E-state index contributed by atoms with van der Waals surface area (Å²) < 4.78 is 9.75.